The molecule has 4 heteroatoms. The lowest BCUT2D eigenvalue weighted by Crippen LogP contribution is -1.91. The second kappa shape index (κ2) is 5.02. The quantitative estimate of drug-likeness (QED) is 0.917. The van der Waals surface area contributed by atoms with E-state index in [1.54, 1.807) is 24.3 Å². The number of aliphatic hydroxyl groups is 1. The molecule has 0 spiro atoms. The second-order valence-electron chi connectivity index (χ2n) is 3.75. The third-order valence-electron chi connectivity index (χ3n) is 2.54. The van der Waals surface area contributed by atoms with Crippen LogP contribution in [0.5, 0.6) is 0 Å². The largest absolute Gasteiger partial charge is 0.458 e. The summed E-state index contributed by atoms with van der Waals surface area (Å²) >= 11 is 3.29. The van der Waals surface area contributed by atoms with Gasteiger partial charge in [0, 0.05) is 4.47 Å². The van der Waals surface area contributed by atoms with Crippen molar-refractivity contribution < 1.29 is 13.9 Å². The van der Waals surface area contributed by atoms with Crippen LogP contribution in [0.4, 0.5) is 4.39 Å². The Balaban J connectivity index is 2.40. The van der Waals surface area contributed by atoms with Crippen molar-refractivity contribution in [1.29, 1.82) is 0 Å². The molecule has 0 saturated heterocycles. The maximum atomic E-state index is 13.6. The Bertz CT molecular complexity index is 522. The fraction of sp³-hybridized carbons (Fsp3) is 0.231. The molecule has 1 aromatic heterocycles. The molecule has 1 N–H and O–H groups in total. The molecule has 17 heavy (non-hydrogen) atoms. The molecule has 0 saturated carbocycles. The van der Waals surface area contributed by atoms with Crippen molar-refractivity contribution in [3.8, 4) is 11.3 Å². The first kappa shape index (κ1) is 12.3. The summed E-state index contributed by atoms with van der Waals surface area (Å²) in [4.78, 5) is 0. The zero-order valence-corrected chi connectivity index (χ0v) is 10.9. The zero-order chi connectivity index (χ0) is 12.4. The Labute approximate surface area is 107 Å². The molecule has 0 aliphatic rings. The Morgan fingerprint density at radius 3 is 2.82 bits per heavy atom. The highest BCUT2D eigenvalue weighted by Crippen LogP contribution is 2.30. The minimum absolute atomic E-state index is 0.347. The van der Waals surface area contributed by atoms with Crippen LogP contribution in [0.15, 0.2) is 39.2 Å². The van der Waals surface area contributed by atoms with Crippen molar-refractivity contribution in [2.45, 2.75) is 19.4 Å². The van der Waals surface area contributed by atoms with E-state index in [-0.39, 0.29) is 5.82 Å². The van der Waals surface area contributed by atoms with Crippen LogP contribution in [0.3, 0.4) is 0 Å². The van der Waals surface area contributed by atoms with Crippen LogP contribution in [-0.2, 0) is 0 Å². The van der Waals surface area contributed by atoms with E-state index in [1.165, 1.54) is 6.07 Å². The molecule has 1 aromatic carbocycles. The first-order valence-electron chi connectivity index (χ1n) is 5.35. The standard InChI is InChI=1S/C13H12BrFO2/c1-2-11(16)13-6-5-12(17-13)9-7-8(14)3-4-10(9)15/h3-7,11,16H,2H2,1H3. The van der Waals surface area contributed by atoms with Crippen molar-refractivity contribution in [2.24, 2.45) is 0 Å². The summed E-state index contributed by atoms with van der Waals surface area (Å²) < 4.78 is 19.8. The van der Waals surface area contributed by atoms with Gasteiger partial charge in [-0.15, -0.1) is 0 Å². The lowest BCUT2D eigenvalue weighted by Gasteiger charge is -2.04. The number of aliphatic hydroxyl groups excluding tert-OH is 1. The Kier molecular flexibility index (Phi) is 3.64. The monoisotopic (exact) mass is 298 g/mol. The van der Waals surface area contributed by atoms with Crippen LogP contribution >= 0.6 is 15.9 Å². The van der Waals surface area contributed by atoms with Crippen molar-refractivity contribution in [2.75, 3.05) is 0 Å². The van der Waals surface area contributed by atoms with Gasteiger partial charge in [0.05, 0.1) is 5.56 Å². The molecule has 2 nitrogen and oxygen atoms in total. The van der Waals surface area contributed by atoms with Gasteiger partial charge in [0.2, 0.25) is 0 Å². The van der Waals surface area contributed by atoms with Gasteiger partial charge in [0.1, 0.15) is 23.4 Å². The molecule has 0 aliphatic carbocycles. The summed E-state index contributed by atoms with van der Waals surface area (Å²) in [7, 11) is 0. The van der Waals surface area contributed by atoms with Crippen LogP contribution in [0.1, 0.15) is 25.2 Å². The van der Waals surface area contributed by atoms with Crippen molar-refractivity contribution in [3.05, 3.63) is 46.4 Å². The van der Waals surface area contributed by atoms with Crippen LogP contribution in [0, 0.1) is 5.82 Å². The van der Waals surface area contributed by atoms with Crippen molar-refractivity contribution in [3.63, 3.8) is 0 Å². The van der Waals surface area contributed by atoms with Gasteiger partial charge in [-0.2, -0.15) is 0 Å². The molecule has 1 heterocycles. The summed E-state index contributed by atoms with van der Waals surface area (Å²) in [6.07, 6.45) is -0.0764. The molecule has 1 atom stereocenters. The van der Waals surface area contributed by atoms with Crippen molar-refractivity contribution >= 4 is 15.9 Å². The Morgan fingerprint density at radius 1 is 1.35 bits per heavy atom. The average molecular weight is 299 g/mol. The summed E-state index contributed by atoms with van der Waals surface area (Å²) in [6.45, 7) is 1.85. The van der Waals surface area contributed by atoms with Gasteiger partial charge in [-0.25, -0.2) is 4.39 Å². The summed E-state index contributed by atoms with van der Waals surface area (Å²) in [5, 5.41) is 9.62. The average Bonchev–Trinajstić information content (AvgIpc) is 2.80. The number of rotatable bonds is 3. The number of halogens is 2. The maximum absolute atomic E-state index is 13.6. The van der Waals surface area contributed by atoms with E-state index < -0.39 is 6.10 Å². The Morgan fingerprint density at radius 2 is 2.12 bits per heavy atom. The summed E-state index contributed by atoms with van der Waals surface area (Å²) in [6, 6.07) is 7.99. The molecule has 0 amide bonds. The molecule has 1 unspecified atom stereocenters. The molecule has 2 rings (SSSR count). The first-order chi connectivity index (χ1) is 8.11. The minimum Gasteiger partial charge on any atom is -0.458 e. The highest BCUT2D eigenvalue weighted by Gasteiger charge is 2.14. The number of benzene rings is 1. The summed E-state index contributed by atoms with van der Waals surface area (Å²) in [5.74, 6) is 0.535. The van der Waals surface area contributed by atoms with Crippen LogP contribution < -0.4 is 0 Å². The fourth-order valence-corrected chi connectivity index (χ4v) is 1.93. The van der Waals surface area contributed by atoms with Crippen LogP contribution in [0.25, 0.3) is 11.3 Å². The lowest BCUT2D eigenvalue weighted by atomic mass is 10.1. The third kappa shape index (κ3) is 2.58. The second-order valence-corrected chi connectivity index (χ2v) is 4.67. The topological polar surface area (TPSA) is 33.4 Å². The normalized spacial score (nSPS) is 12.7. The van der Waals surface area contributed by atoms with Gasteiger partial charge in [-0.05, 0) is 36.8 Å². The van der Waals surface area contributed by atoms with Gasteiger partial charge in [0.25, 0.3) is 0 Å². The van der Waals surface area contributed by atoms with E-state index in [0.717, 1.165) is 4.47 Å². The fourth-order valence-electron chi connectivity index (χ4n) is 1.56. The van der Waals surface area contributed by atoms with Gasteiger partial charge in [-0.1, -0.05) is 22.9 Å². The van der Waals surface area contributed by atoms with Gasteiger partial charge < -0.3 is 9.52 Å². The third-order valence-corrected chi connectivity index (χ3v) is 3.03. The van der Waals surface area contributed by atoms with Gasteiger partial charge in [-0.3, -0.25) is 0 Å². The molecule has 0 aliphatic heterocycles. The van der Waals surface area contributed by atoms with E-state index in [9.17, 15) is 9.50 Å². The molecule has 90 valence electrons. The smallest absolute Gasteiger partial charge is 0.137 e. The van der Waals surface area contributed by atoms with Crippen molar-refractivity contribution in [1.82, 2.24) is 0 Å². The molecule has 0 radical (unpaired) electrons. The lowest BCUT2D eigenvalue weighted by molar-refractivity contribution is 0.146. The molecular weight excluding hydrogens is 287 g/mol. The van der Waals surface area contributed by atoms with E-state index in [1.807, 2.05) is 6.92 Å². The molecule has 0 bridgehead atoms. The van der Waals surface area contributed by atoms with Crippen LogP contribution in [-0.4, -0.2) is 5.11 Å². The van der Waals surface area contributed by atoms with E-state index in [2.05, 4.69) is 15.9 Å². The summed E-state index contributed by atoms with van der Waals surface area (Å²) in [5.41, 5.74) is 0.383. The van der Waals surface area contributed by atoms with E-state index >= 15 is 0 Å². The molecule has 2 aromatic rings. The van der Waals surface area contributed by atoms with Gasteiger partial charge >= 0.3 is 0 Å². The zero-order valence-electron chi connectivity index (χ0n) is 9.28. The Hall–Kier alpha value is -1.13. The van der Waals surface area contributed by atoms with Crippen LogP contribution in [0.2, 0.25) is 0 Å². The number of hydrogen-bond donors (Lipinski definition) is 1. The molecule has 0 fully saturated rings. The minimum atomic E-state index is -0.640. The van der Waals surface area contributed by atoms with E-state index in [0.29, 0.717) is 23.5 Å². The van der Waals surface area contributed by atoms with E-state index in [4.69, 9.17) is 4.42 Å². The molecular formula is C13H12BrFO2. The predicted octanol–water partition coefficient (Wildman–Crippen LogP) is 4.29. The maximum Gasteiger partial charge on any atom is 0.137 e. The first-order valence-corrected chi connectivity index (χ1v) is 6.14. The van der Waals surface area contributed by atoms with Gasteiger partial charge in [0.15, 0.2) is 0 Å². The predicted molar refractivity (Wildman–Crippen MR) is 67.1 cm³/mol. The number of furan rings is 1. The number of hydrogen-bond acceptors (Lipinski definition) is 2. The highest BCUT2D eigenvalue weighted by atomic mass is 79.9. The SMILES string of the molecule is CCC(O)c1ccc(-c2cc(Br)ccc2F)o1. The highest BCUT2D eigenvalue weighted by molar-refractivity contribution is 9.10.